The molecule has 0 aromatic rings. The van der Waals surface area contributed by atoms with Gasteiger partial charge < -0.3 is 4.90 Å². The molecule has 0 aromatic carbocycles. The highest BCUT2D eigenvalue weighted by atomic mass is 15.1. The molecular formula is C18H35N3. The molecule has 1 N–H and O–H groups in total. The fourth-order valence-corrected chi connectivity index (χ4v) is 3.20. The van der Waals surface area contributed by atoms with Crippen LogP contribution in [0.1, 0.15) is 72.6 Å². The number of hydrogen-bond acceptors (Lipinski definition) is 3. The summed E-state index contributed by atoms with van der Waals surface area (Å²) in [5.74, 6) is 0. The predicted octanol–water partition coefficient (Wildman–Crippen LogP) is 3.95. The molecule has 1 aliphatic heterocycles. The van der Waals surface area contributed by atoms with E-state index in [1.54, 1.807) is 0 Å². The summed E-state index contributed by atoms with van der Waals surface area (Å²) in [4.78, 5) is 2.59. The minimum atomic E-state index is -0.302. The lowest BCUT2D eigenvalue weighted by atomic mass is 9.78. The molecule has 1 saturated heterocycles. The summed E-state index contributed by atoms with van der Waals surface area (Å²) in [6, 6.07) is 2.53. The van der Waals surface area contributed by atoms with Gasteiger partial charge in [-0.15, -0.1) is 0 Å². The fraction of sp³-hybridized carbons (Fsp3) is 0.944. The fourth-order valence-electron chi connectivity index (χ4n) is 3.20. The molecule has 122 valence electrons. The predicted molar refractivity (Wildman–Crippen MR) is 90.2 cm³/mol. The zero-order chi connectivity index (χ0) is 15.8. The van der Waals surface area contributed by atoms with Gasteiger partial charge in [0.2, 0.25) is 0 Å². The van der Waals surface area contributed by atoms with E-state index in [0.717, 1.165) is 38.8 Å². The lowest BCUT2D eigenvalue weighted by Crippen LogP contribution is -2.45. The van der Waals surface area contributed by atoms with Gasteiger partial charge in [-0.1, -0.05) is 34.1 Å². The summed E-state index contributed by atoms with van der Waals surface area (Å²) in [5, 5.41) is 13.0. The third-order valence-corrected chi connectivity index (χ3v) is 5.53. The van der Waals surface area contributed by atoms with Crippen molar-refractivity contribution in [2.75, 3.05) is 26.2 Å². The maximum Gasteiger partial charge on any atom is 0.106 e. The van der Waals surface area contributed by atoms with Gasteiger partial charge in [0.05, 0.1) is 6.07 Å². The SMILES string of the molecule is CCCNC(C#N)(CC)CCCN1CCC(C)(CC)CC1. The molecule has 0 radical (unpaired) electrons. The summed E-state index contributed by atoms with van der Waals surface area (Å²) >= 11 is 0. The summed E-state index contributed by atoms with van der Waals surface area (Å²) in [7, 11) is 0. The average molecular weight is 293 g/mol. The van der Waals surface area contributed by atoms with Crippen molar-refractivity contribution < 1.29 is 0 Å². The Hall–Kier alpha value is -0.590. The minimum absolute atomic E-state index is 0.302. The largest absolute Gasteiger partial charge is 0.303 e. The third kappa shape index (κ3) is 5.60. The van der Waals surface area contributed by atoms with Crippen LogP contribution in [0.3, 0.4) is 0 Å². The first kappa shape index (κ1) is 18.5. The molecule has 1 atom stereocenters. The lowest BCUT2D eigenvalue weighted by molar-refractivity contribution is 0.111. The van der Waals surface area contributed by atoms with Gasteiger partial charge in [0.25, 0.3) is 0 Å². The van der Waals surface area contributed by atoms with Crippen LogP contribution in [-0.2, 0) is 0 Å². The van der Waals surface area contributed by atoms with E-state index in [1.807, 2.05) is 0 Å². The zero-order valence-corrected chi connectivity index (χ0v) is 14.7. The molecule has 1 rings (SSSR count). The Bertz CT molecular complexity index is 326. The van der Waals surface area contributed by atoms with Crippen molar-refractivity contribution in [3.05, 3.63) is 0 Å². The lowest BCUT2D eigenvalue weighted by Gasteiger charge is -2.39. The maximum atomic E-state index is 9.51. The Morgan fingerprint density at radius 2 is 1.90 bits per heavy atom. The van der Waals surface area contributed by atoms with Gasteiger partial charge >= 0.3 is 0 Å². The number of piperidine rings is 1. The van der Waals surface area contributed by atoms with Gasteiger partial charge in [-0.25, -0.2) is 0 Å². The summed E-state index contributed by atoms with van der Waals surface area (Å²) in [5.41, 5.74) is 0.267. The van der Waals surface area contributed by atoms with Crippen molar-refractivity contribution in [1.82, 2.24) is 10.2 Å². The van der Waals surface area contributed by atoms with Crippen molar-refractivity contribution in [1.29, 1.82) is 5.26 Å². The number of rotatable bonds is 9. The van der Waals surface area contributed by atoms with Crippen LogP contribution in [-0.4, -0.2) is 36.6 Å². The van der Waals surface area contributed by atoms with Crippen LogP contribution in [0.25, 0.3) is 0 Å². The molecule has 3 heteroatoms. The smallest absolute Gasteiger partial charge is 0.106 e. The molecule has 0 aromatic heterocycles. The highest BCUT2D eigenvalue weighted by Crippen LogP contribution is 2.34. The van der Waals surface area contributed by atoms with Crippen molar-refractivity contribution >= 4 is 0 Å². The number of nitrogens with zero attached hydrogens (tertiary/aromatic N) is 2. The molecule has 21 heavy (non-hydrogen) atoms. The van der Waals surface area contributed by atoms with Gasteiger partial charge in [0.15, 0.2) is 0 Å². The van der Waals surface area contributed by atoms with Crippen molar-refractivity contribution in [3.63, 3.8) is 0 Å². The van der Waals surface area contributed by atoms with Gasteiger partial charge in [-0.2, -0.15) is 5.26 Å². The highest BCUT2D eigenvalue weighted by molar-refractivity contribution is 5.06. The molecule has 0 saturated carbocycles. The molecule has 1 fully saturated rings. The molecule has 1 heterocycles. The second-order valence-corrected chi connectivity index (χ2v) is 7.08. The second-order valence-electron chi connectivity index (χ2n) is 7.08. The number of hydrogen-bond donors (Lipinski definition) is 1. The summed E-state index contributed by atoms with van der Waals surface area (Å²) in [6.45, 7) is 13.6. The quantitative estimate of drug-likeness (QED) is 0.699. The number of nitriles is 1. The van der Waals surface area contributed by atoms with Gasteiger partial charge in [0.1, 0.15) is 5.54 Å². The molecule has 0 aliphatic carbocycles. The van der Waals surface area contributed by atoms with Gasteiger partial charge in [-0.05, 0) is 70.1 Å². The first-order chi connectivity index (χ1) is 10.0. The first-order valence-corrected chi connectivity index (χ1v) is 8.91. The van der Waals surface area contributed by atoms with E-state index in [-0.39, 0.29) is 5.54 Å². The topological polar surface area (TPSA) is 39.1 Å². The Labute approximate surface area is 132 Å². The van der Waals surface area contributed by atoms with Crippen LogP contribution in [0.5, 0.6) is 0 Å². The average Bonchev–Trinajstić information content (AvgIpc) is 2.53. The maximum absolute atomic E-state index is 9.51. The summed E-state index contributed by atoms with van der Waals surface area (Å²) < 4.78 is 0. The zero-order valence-electron chi connectivity index (χ0n) is 14.7. The molecule has 3 nitrogen and oxygen atoms in total. The molecular weight excluding hydrogens is 258 g/mol. The van der Waals surface area contributed by atoms with Crippen LogP contribution in [0, 0.1) is 16.7 Å². The summed E-state index contributed by atoms with van der Waals surface area (Å²) in [6.07, 6.45) is 8.05. The van der Waals surface area contributed by atoms with E-state index in [1.165, 1.54) is 32.4 Å². The molecule has 0 amide bonds. The van der Waals surface area contributed by atoms with E-state index in [0.29, 0.717) is 5.41 Å². The van der Waals surface area contributed by atoms with Crippen LogP contribution in [0.2, 0.25) is 0 Å². The monoisotopic (exact) mass is 293 g/mol. The van der Waals surface area contributed by atoms with Crippen LogP contribution in [0.4, 0.5) is 0 Å². The molecule has 0 spiro atoms. The first-order valence-electron chi connectivity index (χ1n) is 8.91. The van der Waals surface area contributed by atoms with E-state index >= 15 is 0 Å². The Balaban J connectivity index is 2.34. The minimum Gasteiger partial charge on any atom is -0.303 e. The Morgan fingerprint density at radius 1 is 1.24 bits per heavy atom. The van der Waals surface area contributed by atoms with Crippen LogP contribution in [0.15, 0.2) is 0 Å². The van der Waals surface area contributed by atoms with Gasteiger partial charge in [-0.3, -0.25) is 5.32 Å². The molecule has 0 bridgehead atoms. The normalized spacial score (nSPS) is 21.7. The number of nitrogens with one attached hydrogen (secondary N) is 1. The number of likely N-dealkylation sites (tertiary alicyclic amines) is 1. The van der Waals surface area contributed by atoms with E-state index < -0.39 is 0 Å². The Morgan fingerprint density at radius 3 is 2.38 bits per heavy atom. The van der Waals surface area contributed by atoms with Crippen molar-refractivity contribution in [2.24, 2.45) is 5.41 Å². The van der Waals surface area contributed by atoms with Gasteiger partial charge in [0, 0.05) is 0 Å². The van der Waals surface area contributed by atoms with E-state index in [9.17, 15) is 5.26 Å². The van der Waals surface area contributed by atoms with Crippen molar-refractivity contribution in [2.45, 2.75) is 78.2 Å². The third-order valence-electron chi connectivity index (χ3n) is 5.53. The van der Waals surface area contributed by atoms with E-state index in [2.05, 4.69) is 44.0 Å². The van der Waals surface area contributed by atoms with Crippen LogP contribution < -0.4 is 5.32 Å². The van der Waals surface area contributed by atoms with Crippen LogP contribution >= 0.6 is 0 Å². The highest BCUT2D eigenvalue weighted by Gasteiger charge is 2.29. The standard InChI is InChI=1S/C18H35N3/c1-5-12-20-18(7-3,16-19)9-8-13-21-14-10-17(4,6-2)11-15-21/h20H,5-15H2,1-4H3. The second kappa shape index (κ2) is 8.76. The van der Waals surface area contributed by atoms with E-state index in [4.69, 9.17) is 0 Å². The molecule has 1 unspecified atom stereocenters. The van der Waals surface area contributed by atoms with Crippen molar-refractivity contribution in [3.8, 4) is 6.07 Å². The molecule has 1 aliphatic rings. The Kier molecular flexibility index (Phi) is 7.70.